The van der Waals surface area contributed by atoms with Crippen molar-refractivity contribution in [3.8, 4) is 0 Å². The number of non-ortho nitro benzene ring substituents is 2. The Bertz CT molecular complexity index is 1570. The van der Waals surface area contributed by atoms with Gasteiger partial charge in [0.05, 0.1) is 19.7 Å². The molecule has 264 valence electrons. The Labute approximate surface area is 300 Å². The number of benzene rings is 4. The average Bonchev–Trinajstić information content (AvgIpc) is 2.92. The maximum Gasteiger partial charge on any atom is 0.272 e. The van der Waals surface area contributed by atoms with Crippen LogP contribution < -0.4 is 0 Å². The number of hydrogen-bond acceptors (Lipinski definition) is 8. The van der Waals surface area contributed by atoms with Gasteiger partial charge in [-0.3, -0.25) is 40.5 Å². The van der Waals surface area contributed by atoms with Crippen LogP contribution in [0.4, 0.5) is 22.7 Å². The summed E-state index contributed by atoms with van der Waals surface area (Å²) < 4.78 is 0. The van der Waals surface area contributed by atoms with Crippen LogP contribution in [0.1, 0.15) is 52.0 Å². The fraction of sp³-hybridized carbons (Fsp3) is 0.250. The summed E-state index contributed by atoms with van der Waals surface area (Å²) in [5.41, 5.74) is 2.98. The first-order chi connectivity index (χ1) is 20.4. The van der Waals surface area contributed by atoms with E-state index in [2.05, 4.69) is 0 Å². The van der Waals surface area contributed by atoms with Gasteiger partial charge in [0.25, 0.3) is 22.7 Å². The van der Waals surface area contributed by atoms with Crippen LogP contribution in [0.5, 0.6) is 0 Å². The molecule has 0 spiro atoms. The lowest BCUT2D eigenvalue weighted by Crippen LogP contribution is -1.90. The van der Waals surface area contributed by atoms with E-state index in [0.29, 0.717) is 31.2 Å². The first kappa shape index (κ1) is 50.5. The van der Waals surface area contributed by atoms with Crippen molar-refractivity contribution in [3.63, 3.8) is 0 Å². The molecular formula is C32H40Cl4N4O8. The summed E-state index contributed by atoms with van der Waals surface area (Å²) in [6.07, 6.45) is 0. The molecule has 0 aliphatic rings. The quantitative estimate of drug-likeness (QED) is 0.146. The predicted octanol–water partition coefficient (Wildman–Crippen LogP) is 12.8. The summed E-state index contributed by atoms with van der Waals surface area (Å²) in [5, 5.41) is 43.2. The maximum absolute atomic E-state index is 10.3. The van der Waals surface area contributed by atoms with Crippen LogP contribution in [0.3, 0.4) is 0 Å². The molecular weight excluding hydrogens is 710 g/mol. The van der Waals surface area contributed by atoms with Crippen molar-refractivity contribution < 1.29 is 19.7 Å². The first-order valence-corrected chi connectivity index (χ1v) is 13.6. The molecule has 0 radical (unpaired) electrons. The summed E-state index contributed by atoms with van der Waals surface area (Å²) in [7, 11) is 0. The predicted molar refractivity (Wildman–Crippen MR) is 198 cm³/mol. The number of nitro groups is 4. The number of nitro benzene ring substituents is 4. The molecule has 0 amide bonds. The van der Waals surface area contributed by atoms with Crippen molar-refractivity contribution in [1.82, 2.24) is 0 Å². The highest BCUT2D eigenvalue weighted by Crippen LogP contribution is 2.23. The minimum Gasteiger partial charge on any atom is -0.258 e. The molecule has 0 aliphatic carbocycles. The van der Waals surface area contributed by atoms with Crippen molar-refractivity contribution in [2.75, 3.05) is 0 Å². The highest BCUT2D eigenvalue weighted by atomic mass is 35.5. The summed E-state index contributed by atoms with van der Waals surface area (Å²) in [6, 6.07) is 17.7. The van der Waals surface area contributed by atoms with Gasteiger partial charge in [-0.25, -0.2) is 0 Å². The maximum atomic E-state index is 10.3. The Morgan fingerprint density at radius 3 is 0.917 bits per heavy atom. The minimum absolute atomic E-state index is 0. The Hall–Kier alpha value is -4.36. The molecule has 16 heteroatoms. The van der Waals surface area contributed by atoms with E-state index < -0.39 is 19.7 Å². The molecule has 0 saturated heterocycles. The lowest BCUT2D eigenvalue weighted by molar-refractivity contribution is -0.385. The monoisotopic (exact) mass is 748 g/mol. The van der Waals surface area contributed by atoms with Crippen LogP contribution >= 0.6 is 46.4 Å². The number of nitrogens with zero attached hydrogens (tertiary/aromatic N) is 4. The standard InChI is InChI=1S/4C7H6ClNO2.4CH4/c2*1-5-4-6(9(10)11)2-3-7(5)8;2*1-5-4-6(8)2-3-7(5)9(10)11;;;;/h4*2-4H,1H3;4*1H4. The van der Waals surface area contributed by atoms with Crippen molar-refractivity contribution in [1.29, 1.82) is 0 Å². The fourth-order valence-corrected chi connectivity index (χ4v) is 3.82. The van der Waals surface area contributed by atoms with E-state index in [0.717, 1.165) is 11.1 Å². The van der Waals surface area contributed by atoms with Crippen molar-refractivity contribution in [3.05, 3.63) is 156 Å². The van der Waals surface area contributed by atoms with E-state index in [1.807, 2.05) is 0 Å². The van der Waals surface area contributed by atoms with Gasteiger partial charge in [0.1, 0.15) is 0 Å². The second-order valence-electron chi connectivity index (χ2n) is 8.76. The molecule has 0 fully saturated rings. The molecule has 0 heterocycles. The molecule has 4 aromatic carbocycles. The molecule has 4 rings (SSSR count). The smallest absolute Gasteiger partial charge is 0.258 e. The zero-order valence-corrected chi connectivity index (χ0v) is 26.5. The van der Waals surface area contributed by atoms with Crippen molar-refractivity contribution in [2.45, 2.75) is 57.4 Å². The van der Waals surface area contributed by atoms with Gasteiger partial charge < -0.3 is 0 Å². The largest absolute Gasteiger partial charge is 0.272 e. The third-order valence-corrected chi connectivity index (χ3v) is 6.73. The minimum atomic E-state index is -0.441. The third kappa shape index (κ3) is 17.0. The number of rotatable bonds is 4. The summed E-state index contributed by atoms with van der Waals surface area (Å²) in [5.74, 6) is 0. The fourth-order valence-electron chi connectivity index (χ4n) is 3.13. The first-order valence-electron chi connectivity index (χ1n) is 12.1. The second kappa shape index (κ2) is 23.9. The van der Waals surface area contributed by atoms with Crippen molar-refractivity contribution in [2.24, 2.45) is 0 Å². The SMILES string of the molecule is C.C.C.C.Cc1cc(Cl)ccc1[N+](=O)[O-].Cc1cc(Cl)ccc1[N+](=O)[O-].Cc1cc([N+](=O)[O-])ccc1Cl.Cc1cc([N+](=O)[O-])ccc1Cl. The Morgan fingerprint density at radius 1 is 0.417 bits per heavy atom. The van der Waals surface area contributed by atoms with Crippen molar-refractivity contribution >= 4 is 69.2 Å². The highest BCUT2D eigenvalue weighted by molar-refractivity contribution is 6.32. The van der Waals surface area contributed by atoms with Gasteiger partial charge in [0.15, 0.2) is 0 Å². The molecule has 48 heavy (non-hydrogen) atoms. The summed E-state index contributed by atoms with van der Waals surface area (Å²) in [4.78, 5) is 39.3. The molecule has 0 aliphatic heterocycles. The van der Waals surface area contributed by atoms with Gasteiger partial charge in [0.2, 0.25) is 0 Å². The van der Waals surface area contributed by atoms with E-state index in [1.54, 1.807) is 39.8 Å². The number of hydrogen-bond donors (Lipinski definition) is 0. The normalized spacial score (nSPS) is 8.83. The third-order valence-electron chi connectivity index (χ3n) is 5.42. The van der Waals surface area contributed by atoms with Gasteiger partial charge in [-0.2, -0.15) is 0 Å². The molecule has 0 saturated carbocycles. The summed E-state index contributed by atoms with van der Waals surface area (Å²) >= 11 is 22.5. The Kier molecular flexibility index (Phi) is 25.1. The van der Waals surface area contributed by atoms with E-state index in [9.17, 15) is 40.5 Å². The molecule has 0 N–H and O–H groups in total. The van der Waals surface area contributed by atoms with Crippen LogP contribution in [0, 0.1) is 68.2 Å². The van der Waals surface area contributed by atoms with E-state index >= 15 is 0 Å². The van der Waals surface area contributed by atoms with E-state index in [4.69, 9.17) is 46.4 Å². The van der Waals surface area contributed by atoms with Crippen LogP contribution in [0.25, 0.3) is 0 Å². The highest BCUT2D eigenvalue weighted by Gasteiger charge is 2.10. The van der Waals surface area contributed by atoms with Crippen LogP contribution in [-0.4, -0.2) is 19.7 Å². The van der Waals surface area contributed by atoms with E-state index in [-0.39, 0.29) is 52.5 Å². The molecule has 4 aromatic rings. The second-order valence-corrected chi connectivity index (χ2v) is 10.4. The van der Waals surface area contributed by atoms with E-state index in [1.165, 1.54) is 60.7 Å². The Balaban J connectivity index is -0.000000262. The molecule has 0 aromatic heterocycles. The lowest BCUT2D eigenvalue weighted by atomic mass is 10.2. The number of halogens is 4. The van der Waals surface area contributed by atoms with Gasteiger partial charge in [-0.1, -0.05) is 76.1 Å². The molecule has 12 nitrogen and oxygen atoms in total. The molecule has 0 unspecified atom stereocenters. The average molecular weight is 751 g/mol. The topological polar surface area (TPSA) is 173 Å². The molecule has 0 atom stereocenters. The van der Waals surface area contributed by atoms with Gasteiger partial charge in [-0.05, 0) is 75.2 Å². The van der Waals surface area contributed by atoms with Crippen LogP contribution in [0.2, 0.25) is 20.1 Å². The van der Waals surface area contributed by atoms with Gasteiger partial charge in [0, 0.05) is 67.6 Å². The zero-order chi connectivity index (χ0) is 33.7. The Morgan fingerprint density at radius 2 is 0.708 bits per heavy atom. The van der Waals surface area contributed by atoms with Crippen LogP contribution in [0.15, 0.2) is 72.8 Å². The van der Waals surface area contributed by atoms with Crippen LogP contribution in [-0.2, 0) is 0 Å². The van der Waals surface area contributed by atoms with Gasteiger partial charge in [-0.15, -0.1) is 0 Å². The van der Waals surface area contributed by atoms with Gasteiger partial charge >= 0.3 is 0 Å². The number of aryl methyl sites for hydroxylation is 4. The molecule has 0 bridgehead atoms. The zero-order valence-electron chi connectivity index (χ0n) is 23.5. The lowest BCUT2D eigenvalue weighted by Gasteiger charge is -1.95. The summed E-state index contributed by atoms with van der Waals surface area (Å²) in [6.45, 7) is 6.78.